The fourth-order valence-electron chi connectivity index (χ4n) is 2.01. The molecule has 4 heteroatoms. The van der Waals surface area contributed by atoms with Crippen LogP contribution in [0.4, 0.5) is 0 Å². The molecule has 0 heterocycles. The van der Waals surface area contributed by atoms with Crippen molar-refractivity contribution in [2.45, 2.75) is 19.4 Å². The summed E-state index contributed by atoms with van der Waals surface area (Å²) in [7, 11) is 1.72. The lowest BCUT2D eigenvalue weighted by atomic mass is 10.0. The first-order valence-electron chi connectivity index (χ1n) is 7.07. The predicted molar refractivity (Wildman–Crippen MR) is 83.5 cm³/mol. The van der Waals surface area contributed by atoms with E-state index in [1.54, 1.807) is 20.9 Å². The van der Waals surface area contributed by atoms with Crippen molar-refractivity contribution in [1.82, 2.24) is 5.32 Å². The van der Waals surface area contributed by atoms with Crippen LogP contribution in [-0.2, 0) is 9.53 Å². The molecule has 0 aromatic heterocycles. The van der Waals surface area contributed by atoms with Crippen molar-refractivity contribution < 1.29 is 14.3 Å². The van der Waals surface area contributed by atoms with Crippen molar-refractivity contribution in [3.63, 3.8) is 0 Å². The van der Waals surface area contributed by atoms with Crippen molar-refractivity contribution in [2.24, 2.45) is 0 Å². The Morgan fingerprint density at radius 2 is 1.90 bits per heavy atom. The normalized spacial score (nSPS) is 13.7. The Morgan fingerprint density at radius 3 is 2.57 bits per heavy atom. The summed E-state index contributed by atoms with van der Waals surface area (Å²) in [4.78, 5) is 12.0. The summed E-state index contributed by atoms with van der Waals surface area (Å²) in [6.07, 6.45) is 0. The van der Waals surface area contributed by atoms with Gasteiger partial charge in [-0.05, 0) is 43.8 Å². The van der Waals surface area contributed by atoms with E-state index in [0.717, 1.165) is 16.5 Å². The van der Waals surface area contributed by atoms with Crippen LogP contribution >= 0.6 is 0 Å². The molecular weight excluding hydrogens is 266 g/mol. The Kier molecular flexibility index (Phi) is 4.81. The van der Waals surface area contributed by atoms with Gasteiger partial charge in [0.1, 0.15) is 17.9 Å². The number of fused-ring (bicyclic) bond motifs is 1. The van der Waals surface area contributed by atoms with E-state index < -0.39 is 5.54 Å². The molecule has 2 aromatic carbocycles. The Labute approximate surface area is 125 Å². The van der Waals surface area contributed by atoms with Crippen LogP contribution < -0.4 is 10.1 Å². The minimum Gasteiger partial charge on any atom is -0.491 e. The van der Waals surface area contributed by atoms with Crippen molar-refractivity contribution >= 4 is 16.7 Å². The van der Waals surface area contributed by atoms with Gasteiger partial charge in [-0.2, -0.15) is 0 Å². The van der Waals surface area contributed by atoms with Crippen LogP contribution in [0.3, 0.4) is 0 Å². The summed E-state index contributed by atoms with van der Waals surface area (Å²) in [6.45, 7) is 4.12. The van der Waals surface area contributed by atoms with Crippen LogP contribution in [0.25, 0.3) is 10.8 Å². The third-order valence-corrected chi connectivity index (χ3v) is 3.53. The standard InChI is InChI=1S/C17H21NO3/c1-4-20-16(19)17(2,18-3)12-21-15-10-9-13-7-5-6-8-14(13)11-15/h5-11,18H,4,12H2,1-3H3. The smallest absolute Gasteiger partial charge is 0.329 e. The zero-order chi connectivity index (χ0) is 15.3. The third kappa shape index (κ3) is 3.52. The molecule has 0 radical (unpaired) electrons. The molecule has 0 amide bonds. The zero-order valence-electron chi connectivity index (χ0n) is 12.7. The van der Waals surface area contributed by atoms with Gasteiger partial charge in [0.05, 0.1) is 6.61 Å². The number of carbonyl (C=O) groups is 1. The van der Waals surface area contributed by atoms with Gasteiger partial charge in [0, 0.05) is 0 Å². The van der Waals surface area contributed by atoms with Crippen molar-refractivity contribution in [1.29, 1.82) is 0 Å². The lowest BCUT2D eigenvalue weighted by molar-refractivity contribution is -0.151. The number of esters is 1. The first kappa shape index (κ1) is 15.3. The number of nitrogens with one attached hydrogen (secondary N) is 1. The Bertz CT molecular complexity index is 626. The molecule has 0 aliphatic heterocycles. The summed E-state index contributed by atoms with van der Waals surface area (Å²) in [5, 5.41) is 5.24. The number of rotatable bonds is 6. The van der Waals surface area contributed by atoms with Crippen LogP contribution in [-0.4, -0.2) is 31.8 Å². The molecule has 1 N–H and O–H groups in total. The first-order valence-corrected chi connectivity index (χ1v) is 7.07. The molecule has 0 fully saturated rings. The molecule has 21 heavy (non-hydrogen) atoms. The molecule has 0 aliphatic rings. The summed E-state index contributed by atoms with van der Waals surface area (Å²) < 4.78 is 10.8. The Morgan fingerprint density at radius 1 is 1.19 bits per heavy atom. The average Bonchev–Trinajstić information content (AvgIpc) is 2.52. The fraction of sp³-hybridized carbons (Fsp3) is 0.353. The number of carbonyl (C=O) groups excluding carboxylic acids is 1. The van der Waals surface area contributed by atoms with Crippen molar-refractivity contribution in [3.05, 3.63) is 42.5 Å². The van der Waals surface area contributed by atoms with Crippen molar-refractivity contribution in [2.75, 3.05) is 20.3 Å². The van der Waals surface area contributed by atoms with Gasteiger partial charge in [-0.3, -0.25) is 0 Å². The molecule has 1 unspecified atom stereocenters. The number of ether oxygens (including phenoxy) is 2. The molecule has 0 saturated heterocycles. The van der Waals surface area contributed by atoms with Crippen LogP contribution in [0.2, 0.25) is 0 Å². The third-order valence-electron chi connectivity index (χ3n) is 3.53. The summed E-state index contributed by atoms with van der Waals surface area (Å²) >= 11 is 0. The SMILES string of the molecule is CCOC(=O)C(C)(COc1ccc2ccccc2c1)NC. The van der Waals surface area contributed by atoms with Gasteiger partial charge in [0.25, 0.3) is 0 Å². The topological polar surface area (TPSA) is 47.6 Å². The molecule has 1 atom stereocenters. The molecule has 0 saturated carbocycles. The number of hydrogen-bond acceptors (Lipinski definition) is 4. The molecule has 0 aliphatic carbocycles. The molecule has 112 valence electrons. The van der Waals surface area contributed by atoms with E-state index in [4.69, 9.17) is 9.47 Å². The molecule has 4 nitrogen and oxygen atoms in total. The van der Waals surface area contributed by atoms with Gasteiger partial charge in [0.15, 0.2) is 0 Å². The summed E-state index contributed by atoms with van der Waals surface area (Å²) in [5.74, 6) is 0.424. The minimum absolute atomic E-state index is 0.209. The lowest BCUT2D eigenvalue weighted by Gasteiger charge is -2.26. The van der Waals surface area contributed by atoms with Gasteiger partial charge in [-0.25, -0.2) is 4.79 Å². The highest BCUT2D eigenvalue weighted by atomic mass is 16.5. The Hall–Kier alpha value is -2.07. The maximum atomic E-state index is 12.0. The van der Waals surface area contributed by atoms with Crippen LogP contribution in [0.5, 0.6) is 5.75 Å². The maximum Gasteiger partial charge on any atom is 0.329 e. The zero-order valence-corrected chi connectivity index (χ0v) is 12.7. The fourth-order valence-corrected chi connectivity index (χ4v) is 2.01. The number of benzene rings is 2. The van der Waals surface area contributed by atoms with Gasteiger partial charge in [0.2, 0.25) is 0 Å². The Balaban J connectivity index is 2.10. The van der Waals surface area contributed by atoms with Crippen molar-refractivity contribution in [3.8, 4) is 5.75 Å². The van der Waals surface area contributed by atoms with E-state index in [2.05, 4.69) is 11.4 Å². The van der Waals surface area contributed by atoms with E-state index in [9.17, 15) is 4.79 Å². The maximum absolute atomic E-state index is 12.0. The number of hydrogen-bond donors (Lipinski definition) is 1. The van der Waals surface area contributed by atoms with E-state index in [1.807, 2.05) is 36.4 Å². The average molecular weight is 287 g/mol. The van der Waals surface area contributed by atoms with Gasteiger partial charge < -0.3 is 14.8 Å². The summed E-state index contributed by atoms with van der Waals surface area (Å²) in [6, 6.07) is 14.0. The van der Waals surface area contributed by atoms with Gasteiger partial charge in [-0.15, -0.1) is 0 Å². The van der Waals surface area contributed by atoms with E-state index in [1.165, 1.54) is 0 Å². The lowest BCUT2D eigenvalue weighted by Crippen LogP contribution is -2.53. The second-order valence-corrected chi connectivity index (χ2v) is 5.10. The summed E-state index contributed by atoms with van der Waals surface area (Å²) in [5.41, 5.74) is -0.859. The predicted octanol–water partition coefficient (Wildman–Crippen LogP) is 2.76. The van der Waals surface area contributed by atoms with Crippen LogP contribution in [0.15, 0.2) is 42.5 Å². The van der Waals surface area contributed by atoms with E-state index in [-0.39, 0.29) is 12.6 Å². The molecule has 2 rings (SSSR count). The second kappa shape index (κ2) is 6.59. The first-order chi connectivity index (χ1) is 10.1. The quantitative estimate of drug-likeness (QED) is 0.830. The number of likely N-dealkylation sites (N-methyl/N-ethyl adjacent to an activating group) is 1. The highest BCUT2D eigenvalue weighted by Gasteiger charge is 2.34. The van der Waals surface area contributed by atoms with E-state index >= 15 is 0 Å². The van der Waals surface area contributed by atoms with E-state index in [0.29, 0.717) is 6.61 Å². The largest absolute Gasteiger partial charge is 0.491 e. The van der Waals surface area contributed by atoms with Gasteiger partial charge >= 0.3 is 5.97 Å². The molecule has 0 bridgehead atoms. The van der Waals surface area contributed by atoms with Gasteiger partial charge in [-0.1, -0.05) is 30.3 Å². The minimum atomic E-state index is -0.859. The second-order valence-electron chi connectivity index (χ2n) is 5.10. The molecule has 2 aromatic rings. The monoisotopic (exact) mass is 287 g/mol. The van der Waals surface area contributed by atoms with Crippen LogP contribution in [0, 0.1) is 0 Å². The molecule has 0 spiro atoms. The molecular formula is C17H21NO3. The highest BCUT2D eigenvalue weighted by molar-refractivity contribution is 5.84. The highest BCUT2D eigenvalue weighted by Crippen LogP contribution is 2.21. The van der Waals surface area contributed by atoms with Crippen LogP contribution in [0.1, 0.15) is 13.8 Å².